The average Bonchev–Trinajstić information content (AvgIpc) is 2.63. The average molecular weight is 347 g/mol. The van der Waals surface area contributed by atoms with Gasteiger partial charge in [-0.15, -0.1) is 0 Å². The lowest BCUT2D eigenvalue weighted by Crippen LogP contribution is -2.03. The van der Waals surface area contributed by atoms with Crippen molar-refractivity contribution < 1.29 is 9.53 Å². The van der Waals surface area contributed by atoms with Crippen LogP contribution in [0.4, 0.5) is 0 Å². The molecule has 0 N–H and O–H groups in total. The highest BCUT2D eigenvalue weighted by molar-refractivity contribution is 5.68. The molecule has 0 bridgehead atoms. The summed E-state index contributed by atoms with van der Waals surface area (Å²) in [5.74, 6) is -0.0993. The summed E-state index contributed by atoms with van der Waals surface area (Å²) in [7, 11) is 0. The molecule has 0 aromatic carbocycles. The SMILES string of the molecule is CCCCC/C=C\C/C=C\C/C=C\C/C=C\CCCCOC(=O)CC. The highest BCUT2D eigenvalue weighted by atomic mass is 16.5. The van der Waals surface area contributed by atoms with Crippen LogP contribution in [-0.2, 0) is 9.53 Å². The van der Waals surface area contributed by atoms with Gasteiger partial charge in [-0.1, -0.05) is 75.3 Å². The van der Waals surface area contributed by atoms with Crippen LogP contribution >= 0.6 is 0 Å². The zero-order chi connectivity index (χ0) is 18.4. The van der Waals surface area contributed by atoms with E-state index in [1.165, 1.54) is 25.7 Å². The molecule has 0 radical (unpaired) electrons. The smallest absolute Gasteiger partial charge is 0.305 e. The van der Waals surface area contributed by atoms with Gasteiger partial charge in [0.1, 0.15) is 0 Å². The summed E-state index contributed by atoms with van der Waals surface area (Å²) in [6.07, 6.45) is 29.7. The lowest BCUT2D eigenvalue weighted by atomic mass is 10.2. The molecule has 0 aromatic heterocycles. The van der Waals surface area contributed by atoms with E-state index in [-0.39, 0.29) is 5.97 Å². The number of unbranched alkanes of at least 4 members (excludes halogenated alkanes) is 5. The molecule has 0 saturated heterocycles. The first-order valence-corrected chi connectivity index (χ1v) is 10.1. The second-order valence-electron chi connectivity index (χ2n) is 6.16. The predicted octanol–water partition coefficient (Wildman–Crippen LogP) is 7.09. The summed E-state index contributed by atoms with van der Waals surface area (Å²) in [4.78, 5) is 10.9. The summed E-state index contributed by atoms with van der Waals surface area (Å²) in [6.45, 7) is 4.62. The van der Waals surface area contributed by atoms with Crippen LogP contribution in [0.25, 0.3) is 0 Å². The molecule has 142 valence electrons. The van der Waals surface area contributed by atoms with Crippen LogP contribution in [0.5, 0.6) is 0 Å². The summed E-state index contributed by atoms with van der Waals surface area (Å²) in [6, 6.07) is 0. The van der Waals surface area contributed by atoms with E-state index in [2.05, 4.69) is 55.5 Å². The minimum absolute atomic E-state index is 0.0993. The first-order chi connectivity index (χ1) is 12.3. The number of hydrogen-bond donors (Lipinski definition) is 0. The van der Waals surface area contributed by atoms with Gasteiger partial charge in [-0.25, -0.2) is 0 Å². The van der Waals surface area contributed by atoms with Gasteiger partial charge in [0.25, 0.3) is 0 Å². The predicted molar refractivity (Wildman–Crippen MR) is 110 cm³/mol. The minimum atomic E-state index is -0.0993. The minimum Gasteiger partial charge on any atom is -0.466 e. The van der Waals surface area contributed by atoms with E-state index >= 15 is 0 Å². The number of esters is 1. The van der Waals surface area contributed by atoms with E-state index in [1.807, 2.05) is 6.92 Å². The fraction of sp³-hybridized carbons (Fsp3) is 0.609. The van der Waals surface area contributed by atoms with Gasteiger partial charge in [-0.2, -0.15) is 0 Å². The van der Waals surface area contributed by atoms with Crippen LogP contribution in [0, 0.1) is 0 Å². The quantitative estimate of drug-likeness (QED) is 0.169. The Morgan fingerprint density at radius 1 is 0.680 bits per heavy atom. The van der Waals surface area contributed by atoms with Crippen molar-refractivity contribution in [2.75, 3.05) is 6.61 Å². The molecule has 0 aliphatic carbocycles. The van der Waals surface area contributed by atoms with Crippen LogP contribution in [0.3, 0.4) is 0 Å². The first kappa shape index (κ1) is 23.4. The molecule has 0 atom stereocenters. The van der Waals surface area contributed by atoms with Crippen molar-refractivity contribution in [2.24, 2.45) is 0 Å². The molecule has 0 spiro atoms. The molecule has 0 saturated carbocycles. The Bertz CT molecular complexity index is 402. The number of hydrogen-bond acceptors (Lipinski definition) is 2. The third kappa shape index (κ3) is 20.4. The van der Waals surface area contributed by atoms with Crippen LogP contribution in [0.1, 0.15) is 84.5 Å². The number of rotatable bonds is 16. The molecule has 25 heavy (non-hydrogen) atoms. The van der Waals surface area contributed by atoms with Gasteiger partial charge in [0, 0.05) is 6.42 Å². The molecular formula is C23H38O2. The Morgan fingerprint density at radius 3 is 1.64 bits per heavy atom. The van der Waals surface area contributed by atoms with Crippen molar-refractivity contribution in [3.05, 3.63) is 48.6 Å². The van der Waals surface area contributed by atoms with E-state index in [1.54, 1.807) is 0 Å². The molecule has 0 amide bonds. The Hall–Kier alpha value is -1.57. The Labute approximate surface area is 155 Å². The number of ether oxygens (including phenoxy) is 1. The van der Waals surface area contributed by atoms with Gasteiger partial charge in [-0.3, -0.25) is 4.79 Å². The van der Waals surface area contributed by atoms with Gasteiger partial charge >= 0.3 is 5.97 Å². The van der Waals surface area contributed by atoms with Gasteiger partial charge in [0.05, 0.1) is 6.61 Å². The van der Waals surface area contributed by atoms with Gasteiger partial charge in [0.2, 0.25) is 0 Å². The zero-order valence-corrected chi connectivity index (χ0v) is 16.4. The summed E-state index contributed by atoms with van der Waals surface area (Å²) >= 11 is 0. The summed E-state index contributed by atoms with van der Waals surface area (Å²) in [5, 5.41) is 0. The third-order valence-electron chi connectivity index (χ3n) is 3.77. The fourth-order valence-corrected chi connectivity index (χ4v) is 2.21. The molecule has 0 unspecified atom stereocenters. The third-order valence-corrected chi connectivity index (χ3v) is 3.77. The van der Waals surface area contributed by atoms with E-state index in [0.29, 0.717) is 13.0 Å². The topological polar surface area (TPSA) is 26.3 Å². The summed E-state index contributed by atoms with van der Waals surface area (Å²) < 4.78 is 5.04. The molecule has 0 aliphatic heterocycles. The second-order valence-corrected chi connectivity index (χ2v) is 6.16. The van der Waals surface area contributed by atoms with Crippen LogP contribution in [0.15, 0.2) is 48.6 Å². The van der Waals surface area contributed by atoms with Crippen molar-refractivity contribution in [3.8, 4) is 0 Å². The highest BCUT2D eigenvalue weighted by Gasteiger charge is 1.95. The first-order valence-electron chi connectivity index (χ1n) is 10.1. The van der Waals surface area contributed by atoms with Crippen molar-refractivity contribution in [3.63, 3.8) is 0 Å². The lowest BCUT2D eigenvalue weighted by molar-refractivity contribution is -0.143. The van der Waals surface area contributed by atoms with Crippen molar-refractivity contribution >= 4 is 5.97 Å². The summed E-state index contributed by atoms with van der Waals surface area (Å²) in [5.41, 5.74) is 0. The normalized spacial score (nSPS) is 12.2. The van der Waals surface area contributed by atoms with Crippen LogP contribution < -0.4 is 0 Å². The number of carbonyl (C=O) groups excluding carboxylic acids is 1. The molecule has 0 heterocycles. The van der Waals surface area contributed by atoms with Crippen molar-refractivity contribution in [1.29, 1.82) is 0 Å². The van der Waals surface area contributed by atoms with Crippen molar-refractivity contribution in [1.82, 2.24) is 0 Å². The standard InChI is InChI=1S/C23H38O2/c1-3-5-6-7-8-9-10-11-12-13-14-15-16-17-18-19-20-21-22-25-23(24)4-2/h8-9,11-12,14-15,17-18H,3-7,10,13,16,19-22H2,1-2H3/b9-8-,12-11-,15-14-,18-17-. The number of allylic oxidation sites excluding steroid dienone is 8. The van der Waals surface area contributed by atoms with Crippen molar-refractivity contribution in [2.45, 2.75) is 84.5 Å². The zero-order valence-electron chi connectivity index (χ0n) is 16.4. The number of carbonyl (C=O) groups is 1. The molecule has 2 nitrogen and oxygen atoms in total. The van der Waals surface area contributed by atoms with Gasteiger partial charge in [0.15, 0.2) is 0 Å². The lowest BCUT2D eigenvalue weighted by Gasteiger charge is -2.01. The molecule has 0 aliphatic rings. The maximum absolute atomic E-state index is 10.9. The largest absolute Gasteiger partial charge is 0.466 e. The van der Waals surface area contributed by atoms with E-state index in [0.717, 1.165) is 38.5 Å². The van der Waals surface area contributed by atoms with E-state index < -0.39 is 0 Å². The molecule has 0 fully saturated rings. The van der Waals surface area contributed by atoms with E-state index in [9.17, 15) is 4.79 Å². The maximum Gasteiger partial charge on any atom is 0.305 e. The molecule has 2 heteroatoms. The monoisotopic (exact) mass is 346 g/mol. The maximum atomic E-state index is 10.9. The molecule has 0 aromatic rings. The van der Waals surface area contributed by atoms with Crippen LogP contribution in [0.2, 0.25) is 0 Å². The van der Waals surface area contributed by atoms with Gasteiger partial charge in [-0.05, 0) is 51.4 Å². The van der Waals surface area contributed by atoms with Crippen LogP contribution in [-0.4, -0.2) is 12.6 Å². The van der Waals surface area contributed by atoms with E-state index in [4.69, 9.17) is 4.74 Å². The Kier molecular flexibility index (Phi) is 19.2. The van der Waals surface area contributed by atoms with Gasteiger partial charge < -0.3 is 4.74 Å². The Morgan fingerprint density at radius 2 is 1.16 bits per heavy atom. The molecule has 0 rings (SSSR count). The molecular weight excluding hydrogens is 308 g/mol. The highest BCUT2D eigenvalue weighted by Crippen LogP contribution is 2.01. The fourth-order valence-electron chi connectivity index (χ4n) is 2.21. The Balaban J connectivity index is 3.39. The second kappa shape index (κ2) is 20.5.